The lowest BCUT2D eigenvalue weighted by atomic mass is 9.96. The summed E-state index contributed by atoms with van der Waals surface area (Å²) in [5, 5.41) is 14.8. The molecule has 4 unspecified atom stereocenters. The van der Waals surface area contributed by atoms with Crippen molar-refractivity contribution in [1.82, 2.24) is 21.6 Å². The maximum atomic E-state index is 12.3. The monoisotopic (exact) mass is 939 g/mol. The maximum absolute atomic E-state index is 12.3. The van der Waals surface area contributed by atoms with Crippen LogP contribution in [0.3, 0.4) is 0 Å². The first-order valence-corrected chi connectivity index (χ1v) is 23.2. The summed E-state index contributed by atoms with van der Waals surface area (Å²) in [5.41, 5.74) is 9.05. The Morgan fingerprint density at radius 2 is 0.727 bits per heavy atom. The number of hydrogen-bond acceptors (Lipinski definition) is 16. The van der Waals surface area contributed by atoms with Gasteiger partial charge in [0.05, 0.1) is 55.6 Å². The average molecular weight is 939 g/mol. The molecule has 0 aliphatic heterocycles. The van der Waals surface area contributed by atoms with Gasteiger partial charge in [-0.15, -0.1) is 0 Å². The molecule has 4 N–H and O–H groups in total. The fourth-order valence-corrected chi connectivity index (χ4v) is 5.50. The number of hydrazone groups is 3. The second-order valence-electron chi connectivity index (χ2n) is 17.2. The highest BCUT2D eigenvalue weighted by Gasteiger charge is 2.22. The molecule has 66 heavy (non-hydrogen) atoms. The summed E-state index contributed by atoms with van der Waals surface area (Å²) in [7, 11) is 0. The number of carbonyl (C=O) groups excluding carboxylic acids is 6. The number of amides is 4. The highest BCUT2D eigenvalue weighted by molar-refractivity contribution is 5.89. The van der Waals surface area contributed by atoms with Crippen LogP contribution in [0.1, 0.15) is 174 Å². The third kappa shape index (κ3) is 31.0. The summed E-state index contributed by atoms with van der Waals surface area (Å²) in [6, 6.07) is -1.12. The lowest BCUT2D eigenvalue weighted by molar-refractivity contribution is -0.154. The molecular weight excluding hydrogens is 857 g/mol. The van der Waals surface area contributed by atoms with Crippen LogP contribution in [0.4, 0.5) is 9.59 Å². The molecule has 0 fully saturated rings. The predicted octanol–water partition coefficient (Wildman–Crippen LogP) is 7.21. The minimum absolute atomic E-state index is 0.00570. The first-order valence-electron chi connectivity index (χ1n) is 23.2. The summed E-state index contributed by atoms with van der Waals surface area (Å²) in [4.78, 5) is 78.1. The highest BCUT2D eigenvalue weighted by atomic mass is 16.6. The molecule has 0 heterocycles. The van der Waals surface area contributed by atoms with Crippen LogP contribution in [0, 0.1) is 0 Å². The molecule has 0 bridgehead atoms. The Balaban J connectivity index is 4.31. The van der Waals surface area contributed by atoms with Gasteiger partial charge in [0, 0.05) is 28.4 Å². The highest BCUT2D eigenvalue weighted by Crippen LogP contribution is 2.20. The molecule has 20 heteroatoms. The smallest absolute Gasteiger partial charge is 0.355 e. The number of carbonyl (C=O) groups is 6. The van der Waals surface area contributed by atoms with Crippen molar-refractivity contribution < 1.29 is 57.2 Å². The van der Waals surface area contributed by atoms with Gasteiger partial charge in [-0.3, -0.25) is 24.2 Å². The number of hydrogen-bond donors (Lipinski definition) is 4. The first kappa shape index (κ1) is 61.0. The van der Waals surface area contributed by atoms with Crippen molar-refractivity contribution in [1.29, 1.82) is 0 Å². The Morgan fingerprint density at radius 3 is 1.02 bits per heavy atom. The molecular formula is C46H82N8O12. The normalized spacial score (nSPS) is 14.6. The van der Waals surface area contributed by atoms with E-state index in [2.05, 4.69) is 57.7 Å². The van der Waals surface area contributed by atoms with Crippen LogP contribution in [0.5, 0.6) is 0 Å². The quantitative estimate of drug-likeness (QED) is 0.0220. The van der Waals surface area contributed by atoms with Crippen molar-refractivity contribution >= 4 is 58.8 Å². The van der Waals surface area contributed by atoms with E-state index < -0.39 is 54.4 Å². The van der Waals surface area contributed by atoms with E-state index in [-0.39, 0.29) is 82.0 Å². The Labute approximate surface area is 393 Å². The number of rotatable bonds is 33. The molecule has 4 amide bonds. The zero-order valence-electron chi connectivity index (χ0n) is 42.3. The van der Waals surface area contributed by atoms with E-state index in [0.29, 0.717) is 30.0 Å². The summed E-state index contributed by atoms with van der Waals surface area (Å²) in [5.74, 6) is -1.72. The molecule has 0 aromatic carbocycles. The van der Waals surface area contributed by atoms with Crippen molar-refractivity contribution in [3.8, 4) is 0 Å². The van der Waals surface area contributed by atoms with Gasteiger partial charge in [0.2, 0.25) is 0 Å². The van der Waals surface area contributed by atoms with Crippen LogP contribution in [0.15, 0.2) is 20.3 Å². The zero-order valence-corrected chi connectivity index (χ0v) is 42.3. The maximum Gasteiger partial charge on any atom is 0.355 e. The van der Waals surface area contributed by atoms with Crippen molar-refractivity contribution in [3.05, 3.63) is 0 Å². The number of nitrogens with zero attached hydrogens (tertiary/aromatic N) is 4. The molecule has 378 valence electrons. The van der Waals surface area contributed by atoms with Gasteiger partial charge in [-0.1, -0.05) is 27.7 Å². The summed E-state index contributed by atoms with van der Waals surface area (Å²) < 4.78 is 32.8. The van der Waals surface area contributed by atoms with Crippen LogP contribution in [0.2, 0.25) is 0 Å². The van der Waals surface area contributed by atoms with Gasteiger partial charge in [-0.25, -0.2) is 25.9 Å². The fourth-order valence-electron chi connectivity index (χ4n) is 5.50. The first-order chi connectivity index (χ1) is 31.0. The van der Waals surface area contributed by atoms with E-state index in [0.717, 1.165) is 31.4 Å². The van der Waals surface area contributed by atoms with E-state index in [9.17, 15) is 28.8 Å². The number of ether oxygens (including phenoxy) is 6. The molecule has 0 aromatic heterocycles. The number of urea groups is 2. The van der Waals surface area contributed by atoms with E-state index in [4.69, 9.17) is 33.4 Å². The van der Waals surface area contributed by atoms with Gasteiger partial charge in [-0.05, 0) is 121 Å². The predicted molar refractivity (Wildman–Crippen MR) is 255 cm³/mol. The number of aliphatic imine (C=N–C) groups is 1. The van der Waals surface area contributed by atoms with Crippen LogP contribution in [-0.2, 0) is 47.6 Å². The van der Waals surface area contributed by atoms with Gasteiger partial charge in [-0.2, -0.15) is 15.3 Å². The molecule has 0 radical (unpaired) electrons. The third-order valence-electron chi connectivity index (χ3n) is 10.6. The van der Waals surface area contributed by atoms with Gasteiger partial charge in [0.15, 0.2) is 0 Å². The molecule has 0 aliphatic rings. The van der Waals surface area contributed by atoms with Crippen molar-refractivity contribution in [2.24, 2.45) is 20.3 Å². The molecule has 4 atom stereocenters. The summed E-state index contributed by atoms with van der Waals surface area (Å²) >= 11 is 0. The van der Waals surface area contributed by atoms with Crippen LogP contribution < -0.4 is 21.6 Å². The van der Waals surface area contributed by atoms with Crippen molar-refractivity contribution in [3.63, 3.8) is 0 Å². The van der Waals surface area contributed by atoms with Gasteiger partial charge >= 0.3 is 35.9 Å². The molecule has 0 rings (SSSR count). The molecule has 0 aromatic rings. The standard InChI is InChI=1S/C46H82N8O12/c1-15-45(13,16-2)47-31(5)19-23-39(55)61-27-35(9)65-36(10)29-63-41(57)25-21-33(7)50-53-44(60)54-51-34(8)22-26-42(58)64-30-38(12)66-37(11)28-62-40(56)24-20-32(6)49-52-43(59)48-46(14,17-3)18-4/h35-38H,15-30H2,1-14H3,(H2,48,52,59)(H2,53,54,60). The Bertz CT molecular complexity index is 1640. The number of esters is 4. The Kier molecular flexibility index (Phi) is 31.0. The number of nitrogens with one attached hydrogen (secondary N) is 4. The van der Waals surface area contributed by atoms with E-state index >= 15 is 0 Å². The topological polar surface area (TPSA) is 255 Å². The molecule has 0 spiro atoms. The zero-order chi connectivity index (χ0) is 50.3. The Hall–Kier alpha value is -4.98. The van der Waals surface area contributed by atoms with Crippen LogP contribution in [-0.4, -0.2) is 121 Å². The summed E-state index contributed by atoms with van der Waals surface area (Å²) in [6.07, 6.45) is 3.32. The fraction of sp³-hybridized carbons (Fsp3) is 0.783. The van der Waals surface area contributed by atoms with Gasteiger partial charge in [0.25, 0.3) is 0 Å². The minimum atomic E-state index is -0.713. The summed E-state index contributed by atoms with van der Waals surface area (Å²) in [6.45, 7) is 26.2. The van der Waals surface area contributed by atoms with E-state index in [1.54, 1.807) is 48.5 Å². The van der Waals surface area contributed by atoms with Gasteiger partial charge in [0.1, 0.15) is 26.4 Å². The third-order valence-corrected chi connectivity index (χ3v) is 10.6. The largest absolute Gasteiger partial charge is 0.463 e. The molecule has 0 saturated heterocycles. The van der Waals surface area contributed by atoms with Crippen molar-refractivity contribution in [2.75, 3.05) is 26.4 Å². The lowest BCUT2D eigenvalue weighted by Crippen LogP contribution is -2.48. The molecule has 0 aliphatic carbocycles. The Morgan fingerprint density at radius 1 is 0.439 bits per heavy atom. The average Bonchev–Trinajstić information content (AvgIpc) is 3.28. The van der Waals surface area contributed by atoms with Gasteiger partial charge < -0.3 is 33.7 Å². The van der Waals surface area contributed by atoms with Crippen molar-refractivity contribution in [2.45, 2.75) is 209 Å². The van der Waals surface area contributed by atoms with E-state index in [1.807, 2.05) is 27.7 Å². The van der Waals surface area contributed by atoms with Crippen LogP contribution >= 0.6 is 0 Å². The second kappa shape index (κ2) is 33.5. The second-order valence-corrected chi connectivity index (χ2v) is 17.2. The van der Waals surface area contributed by atoms with E-state index in [1.165, 1.54) is 0 Å². The molecule has 0 saturated carbocycles. The lowest BCUT2D eigenvalue weighted by Gasteiger charge is -2.27. The minimum Gasteiger partial charge on any atom is -0.463 e. The molecule has 20 nitrogen and oxygen atoms in total. The SMILES string of the molecule is CCC(C)(CC)N=C(C)CCC(=O)OCC(C)OC(C)COC(=O)CCC(C)=NNC(=O)NN=C(C)CCC(=O)OCC(C)OC(C)COC(=O)CCC(C)=NNC(=O)NC(C)(CC)CC. The van der Waals surface area contributed by atoms with Crippen LogP contribution in [0.25, 0.3) is 0 Å².